The minimum absolute atomic E-state index is 0.127. The van der Waals surface area contributed by atoms with Crippen molar-refractivity contribution in [1.29, 1.82) is 0 Å². The van der Waals surface area contributed by atoms with Gasteiger partial charge in [-0.3, -0.25) is 9.89 Å². The van der Waals surface area contributed by atoms with Gasteiger partial charge in [0.05, 0.1) is 5.69 Å². The molecule has 1 amide bonds. The summed E-state index contributed by atoms with van der Waals surface area (Å²) in [4.78, 5) is 11.8. The number of primary sulfonamides is 1. The van der Waals surface area contributed by atoms with Crippen molar-refractivity contribution in [3.05, 3.63) is 11.4 Å². The first-order valence-corrected chi connectivity index (χ1v) is 8.22. The third kappa shape index (κ3) is 4.04. The molecule has 7 nitrogen and oxygen atoms in total. The van der Waals surface area contributed by atoms with E-state index in [9.17, 15) is 13.2 Å². The summed E-state index contributed by atoms with van der Waals surface area (Å²) in [5, 5.41) is 14.2. The van der Waals surface area contributed by atoms with E-state index in [-0.39, 0.29) is 16.5 Å². The molecule has 0 unspecified atom stereocenters. The second-order valence-corrected chi connectivity index (χ2v) is 6.48. The number of hydrogen-bond acceptors (Lipinski definition) is 4. The van der Waals surface area contributed by atoms with E-state index >= 15 is 0 Å². The van der Waals surface area contributed by atoms with Crippen LogP contribution in [0.3, 0.4) is 0 Å². The molecule has 0 radical (unpaired) electrons. The number of aromatic amines is 1. The molecule has 0 saturated heterocycles. The first-order valence-electron chi connectivity index (χ1n) is 6.68. The third-order valence-corrected chi connectivity index (χ3v) is 3.87. The van der Waals surface area contributed by atoms with Crippen molar-refractivity contribution < 1.29 is 13.2 Å². The summed E-state index contributed by atoms with van der Waals surface area (Å²) in [6, 6.07) is 0. The zero-order chi connectivity index (χ0) is 15.3. The lowest BCUT2D eigenvalue weighted by Gasteiger charge is -2.06. The Bertz CT molecular complexity index is 563. The number of aromatic nitrogens is 2. The molecule has 0 aliphatic heterocycles. The lowest BCUT2D eigenvalue weighted by molar-refractivity contribution is 0.0944. The van der Waals surface area contributed by atoms with Crippen molar-refractivity contribution in [2.45, 2.75) is 50.8 Å². The van der Waals surface area contributed by atoms with Gasteiger partial charge < -0.3 is 5.32 Å². The number of carbonyl (C=O) groups is 1. The van der Waals surface area contributed by atoms with Gasteiger partial charge >= 0.3 is 0 Å². The van der Waals surface area contributed by atoms with E-state index < -0.39 is 15.9 Å². The molecule has 0 aliphatic rings. The van der Waals surface area contributed by atoms with Gasteiger partial charge in [0, 0.05) is 6.54 Å². The number of sulfonamides is 1. The van der Waals surface area contributed by atoms with Gasteiger partial charge in [0.2, 0.25) is 10.0 Å². The highest BCUT2D eigenvalue weighted by molar-refractivity contribution is 7.89. The number of H-pyrrole nitrogens is 1. The zero-order valence-corrected chi connectivity index (χ0v) is 12.9. The predicted molar refractivity (Wildman–Crippen MR) is 75.9 cm³/mol. The van der Waals surface area contributed by atoms with Crippen LogP contribution in [0.15, 0.2) is 4.90 Å². The van der Waals surface area contributed by atoms with E-state index in [1.807, 2.05) is 0 Å². The van der Waals surface area contributed by atoms with Crippen LogP contribution >= 0.6 is 0 Å². The molecule has 1 aromatic heterocycles. The number of carbonyl (C=O) groups excluding carboxylic acids is 1. The molecule has 0 atom stereocenters. The Morgan fingerprint density at radius 3 is 2.55 bits per heavy atom. The van der Waals surface area contributed by atoms with Crippen LogP contribution < -0.4 is 10.5 Å². The number of hydrogen-bond donors (Lipinski definition) is 3. The highest BCUT2D eigenvalue weighted by Crippen LogP contribution is 2.23. The quantitative estimate of drug-likeness (QED) is 0.653. The van der Waals surface area contributed by atoms with Crippen LogP contribution in [0.25, 0.3) is 0 Å². The molecule has 0 aromatic carbocycles. The average molecular weight is 302 g/mol. The smallest absolute Gasteiger partial charge is 0.273 e. The van der Waals surface area contributed by atoms with E-state index in [1.165, 1.54) is 0 Å². The first kappa shape index (κ1) is 16.6. The molecule has 0 spiro atoms. The van der Waals surface area contributed by atoms with Crippen LogP contribution in [0.5, 0.6) is 0 Å². The van der Waals surface area contributed by atoms with Gasteiger partial charge in [-0.2, -0.15) is 5.10 Å². The van der Waals surface area contributed by atoms with Crippen molar-refractivity contribution in [2.75, 3.05) is 6.54 Å². The minimum atomic E-state index is -4.00. The normalized spacial score (nSPS) is 11.8. The lowest BCUT2D eigenvalue weighted by atomic mass is 10.1. The van der Waals surface area contributed by atoms with Gasteiger partial charge in [-0.05, 0) is 12.3 Å². The summed E-state index contributed by atoms with van der Waals surface area (Å²) in [5.74, 6) is -0.647. The standard InChI is InChI=1S/C12H22N4O3S/c1-4-5-6-7-14-12(17)10-11(20(13,18)19)9(8(2)3)15-16-10/h8H,4-7H2,1-3H3,(H,14,17)(H,15,16)(H2,13,18,19). The molecular weight excluding hydrogens is 280 g/mol. The lowest BCUT2D eigenvalue weighted by Crippen LogP contribution is -2.27. The Balaban J connectivity index is 2.98. The van der Waals surface area contributed by atoms with Crippen LogP contribution in [-0.2, 0) is 10.0 Å². The van der Waals surface area contributed by atoms with Crippen molar-refractivity contribution in [3.8, 4) is 0 Å². The fourth-order valence-electron chi connectivity index (χ4n) is 1.84. The molecule has 0 fully saturated rings. The summed E-state index contributed by atoms with van der Waals surface area (Å²) in [6.07, 6.45) is 2.88. The molecule has 1 heterocycles. The maximum atomic E-state index is 12.0. The Kier molecular flexibility index (Phi) is 5.70. The highest BCUT2D eigenvalue weighted by Gasteiger charge is 2.28. The summed E-state index contributed by atoms with van der Waals surface area (Å²) in [6.45, 7) is 6.14. The minimum Gasteiger partial charge on any atom is -0.351 e. The third-order valence-electron chi connectivity index (χ3n) is 2.89. The monoisotopic (exact) mass is 302 g/mol. The van der Waals surface area contributed by atoms with Crippen molar-refractivity contribution >= 4 is 15.9 Å². The van der Waals surface area contributed by atoms with Gasteiger partial charge in [-0.1, -0.05) is 33.6 Å². The topological polar surface area (TPSA) is 118 Å². The van der Waals surface area contributed by atoms with E-state index in [2.05, 4.69) is 22.4 Å². The second-order valence-electron chi connectivity index (χ2n) is 4.98. The number of unbranched alkanes of at least 4 members (excludes halogenated alkanes) is 2. The summed E-state index contributed by atoms with van der Waals surface area (Å²) in [5.41, 5.74) is 0.193. The maximum absolute atomic E-state index is 12.0. The van der Waals surface area contributed by atoms with E-state index in [0.29, 0.717) is 12.2 Å². The summed E-state index contributed by atoms with van der Waals surface area (Å²) in [7, 11) is -4.00. The Labute approximate surface area is 119 Å². The molecule has 1 aromatic rings. The average Bonchev–Trinajstić information content (AvgIpc) is 2.79. The van der Waals surface area contributed by atoms with E-state index in [1.54, 1.807) is 13.8 Å². The molecular formula is C12H22N4O3S. The van der Waals surface area contributed by atoms with Crippen molar-refractivity contribution in [3.63, 3.8) is 0 Å². The van der Waals surface area contributed by atoms with Crippen LogP contribution in [0, 0.1) is 0 Å². The maximum Gasteiger partial charge on any atom is 0.273 e. The first-order chi connectivity index (χ1) is 9.29. The molecule has 0 aliphatic carbocycles. The zero-order valence-electron chi connectivity index (χ0n) is 12.1. The second kappa shape index (κ2) is 6.85. The fraction of sp³-hybridized carbons (Fsp3) is 0.667. The van der Waals surface area contributed by atoms with Gasteiger partial charge in [0.15, 0.2) is 5.69 Å². The molecule has 4 N–H and O–H groups in total. The van der Waals surface area contributed by atoms with Crippen LogP contribution in [0.4, 0.5) is 0 Å². The van der Waals surface area contributed by atoms with Gasteiger partial charge in [-0.15, -0.1) is 0 Å². The number of amides is 1. The summed E-state index contributed by atoms with van der Waals surface area (Å²) >= 11 is 0. The van der Waals surface area contributed by atoms with Crippen LogP contribution in [0.2, 0.25) is 0 Å². The number of nitrogens with zero attached hydrogens (tertiary/aromatic N) is 1. The molecule has 114 valence electrons. The predicted octanol–water partition coefficient (Wildman–Crippen LogP) is 1.10. The Hall–Kier alpha value is -1.41. The molecule has 8 heteroatoms. The molecule has 0 bridgehead atoms. The Morgan fingerprint density at radius 2 is 2.05 bits per heavy atom. The highest BCUT2D eigenvalue weighted by atomic mass is 32.2. The Morgan fingerprint density at radius 1 is 1.40 bits per heavy atom. The fourth-order valence-corrected chi connectivity index (χ4v) is 2.83. The van der Waals surface area contributed by atoms with Crippen LogP contribution in [0.1, 0.15) is 62.1 Å². The van der Waals surface area contributed by atoms with Gasteiger partial charge in [-0.25, -0.2) is 13.6 Å². The van der Waals surface area contributed by atoms with Gasteiger partial charge in [0.1, 0.15) is 4.90 Å². The van der Waals surface area contributed by atoms with E-state index in [0.717, 1.165) is 19.3 Å². The molecule has 1 rings (SSSR count). The SMILES string of the molecule is CCCCCNC(=O)c1n[nH]c(C(C)C)c1S(N)(=O)=O. The van der Waals surface area contributed by atoms with Crippen molar-refractivity contribution in [2.24, 2.45) is 5.14 Å². The van der Waals surface area contributed by atoms with E-state index in [4.69, 9.17) is 5.14 Å². The number of nitrogens with two attached hydrogens (primary N) is 1. The molecule has 20 heavy (non-hydrogen) atoms. The largest absolute Gasteiger partial charge is 0.351 e. The molecule has 0 saturated carbocycles. The number of rotatable bonds is 7. The summed E-state index contributed by atoms with van der Waals surface area (Å²) < 4.78 is 23.3. The van der Waals surface area contributed by atoms with Gasteiger partial charge in [0.25, 0.3) is 5.91 Å². The number of nitrogens with one attached hydrogen (secondary N) is 2. The van der Waals surface area contributed by atoms with Crippen molar-refractivity contribution in [1.82, 2.24) is 15.5 Å². The van der Waals surface area contributed by atoms with Crippen LogP contribution in [-0.4, -0.2) is 31.1 Å².